The molecule has 3 fully saturated rings. The molecule has 5 nitrogen and oxygen atoms in total. The van der Waals surface area contributed by atoms with E-state index in [4.69, 9.17) is 27.9 Å². The molecule has 4 aromatic rings. The van der Waals surface area contributed by atoms with Gasteiger partial charge in [-0.05, 0) is 86.1 Å². The molecule has 4 atom stereocenters. The second kappa shape index (κ2) is 9.53. The van der Waals surface area contributed by atoms with Crippen molar-refractivity contribution in [3.8, 4) is 5.69 Å². The lowest BCUT2D eigenvalue weighted by Gasteiger charge is -2.41. The van der Waals surface area contributed by atoms with Crippen molar-refractivity contribution in [2.24, 2.45) is 11.8 Å². The maximum absolute atomic E-state index is 14.5. The van der Waals surface area contributed by atoms with Crippen LogP contribution < -0.4 is 0 Å². The van der Waals surface area contributed by atoms with Crippen LogP contribution in [0.5, 0.6) is 0 Å². The Bertz CT molecular complexity index is 1520. The molecule has 3 saturated carbocycles. The number of thiazole rings is 1. The molecule has 38 heavy (non-hydrogen) atoms. The summed E-state index contributed by atoms with van der Waals surface area (Å²) >= 11 is 17.8. The van der Waals surface area contributed by atoms with Gasteiger partial charge in [0.2, 0.25) is 0 Å². The summed E-state index contributed by atoms with van der Waals surface area (Å²) < 4.78 is 24.4. The average molecular weight is 637 g/mol. The number of benzene rings is 2. The fourth-order valence-electron chi connectivity index (χ4n) is 6.46. The van der Waals surface area contributed by atoms with E-state index in [9.17, 15) is 9.50 Å². The Morgan fingerprint density at radius 1 is 1.13 bits per heavy atom. The van der Waals surface area contributed by atoms with Gasteiger partial charge in [0.1, 0.15) is 21.8 Å². The Morgan fingerprint density at radius 2 is 1.84 bits per heavy atom. The third kappa shape index (κ3) is 4.14. The summed E-state index contributed by atoms with van der Waals surface area (Å²) in [6, 6.07) is 8.75. The maximum atomic E-state index is 14.5. The van der Waals surface area contributed by atoms with E-state index in [0.717, 1.165) is 48.9 Å². The first-order valence-electron chi connectivity index (χ1n) is 12.9. The lowest BCUT2D eigenvalue weighted by molar-refractivity contribution is -0.116. The monoisotopic (exact) mass is 635 g/mol. The van der Waals surface area contributed by atoms with E-state index in [-0.39, 0.29) is 23.8 Å². The zero-order chi connectivity index (χ0) is 26.2. The first kappa shape index (κ1) is 25.4. The fourth-order valence-corrected chi connectivity index (χ4v) is 8.87. The molecule has 198 valence electrons. The van der Waals surface area contributed by atoms with Crippen LogP contribution in [0.4, 0.5) is 4.39 Å². The van der Waals surface area contributed by atoms with Crippen molar-refractivity contribution in [2.45, 2.75) is 62.8 Å². The van der Waals surface area contributed by atoms with Crippen LogP contribution in [0.15, 0.2) is 41.0 Å². The molecule has 1 N–H and O–H groups in total. The summed E-state index contributed by atoms with van der Waals surface area (Å²) in [6.45, 7) is 0.399. The van der Waals surface area contributed by atoms with E-state index >= 15 is 0 Å². The Balaban J connectivity index is 1.14. The first-order valence-corrected chi connectivity index (χ1v) is 15.3. The molecule has 2 aromatic heterocycles. The largest absolute Gasteiger partial charge is 0.382 e. The molecule has 3 aliphatic rings. The average Bonchev–Trinajstić information content (AvgIpc) is 3.46. The van der Waals surface area contributed by atoms with Crippen LogP contribution in [0.25, 0.3) is 15.9 Å². The van der Waals surface area contributed by atoms with Gasteiger partial charge in [0, 0.05) is 4.47 Å². The number of aromatic nitrogens is 3. The topological polar surface area (TPSA) is 60.2 Å². The fraction of sp³-hybridized carbons (Fsp3) is 0.429. The summed E-state index contributed by atoms with van der Waals surface area (Å²) in [7, 11) is 0. The van der Waals surface area contributed by atoms with Gasteiger partial charge >= 0.3 is 0 Å². The van der Waals surface area contributed by atoms with Crippen LogP contribution in [-0.2, 0) is 16.9 Å². The molecule has 2 aromatic carbocycles. The van der Waals surface area contributed by atoms with Crippen LogP contribution in [0.3, 0.4) is 0 Å². The van der Waals surface area contributed by atoms with Gasteiger partial charge in [0.15, 0.2) is 5.82 Å². The zero-order valence-corrected chi connectivity index (χ0v) is 24.3. The number of hydrogen-bond acceptors (Lipinski definition) is 5. The van der Waals surface area contributed by atoms with E-state index in [1.54, 1.807) is 0 Å². The molecule has 0 spiro atoms. The summed E-state index contributed by atoms with van der Waals surface area (Å²) in [5.74, 6) is 0.163. The van der Waals surface area contributed by atoms with Crippen molar-refractivity contribution in [1.29, 1.82) is 0 Å². The van der Waals surface area contributed by atoms with Crippen molar-refractivity contribution in [3.05, 3.63) is 73.1 Å². The highest BCUT2D eigenvalue weighted by atomic mass is 79.9. The summed E-state index contributed by atoms with van der Waals surface area (Å²) in [6.07, 6.45) is 7.50. The number of ether oxygens (including phenoxy) is 1. The van der Waals surface area contributed by atoms with E-state index < -0.39 is 5.60 Å². The molecule has 0 saturated heterocycles. The van der Waals surface area contributed by atoms with Crippen LogP contribution >= 0.6 is 50.5 Å². The number of hydrogen-bond donors (Lipinski definition) is 1. The molecule has 2 heterocycles. The molecule has 10 heteroatoms. The second-order valence-electron chi connectivity index (χ2n) is 10.8. The number of nitrogens with zero attached hydrogens (tertiary/aromatic N) is 3. The Hall–Kier alpha value is -1.55. The van der Waals surface area contributed by atoms with E-state index in [1.807, 2.05) is 35.1 Å². The lowest BCUT2D eigenvalue weighted by Crippen LogP contribution is -2.44. The summed E-state index contributed by atoms with van der Waals surface area (Å²) in [4.78, 5) is 4.60. The number of halogens is 4. The predicted molar refractivity (Wildman–Crippen MR) is 151 cm³/mol. The van der Waals surface area contributed by atoms with Gasteiger partial charge in [-0.3, -0.25) is 0 Å². The molecule has 0 radical (unpaired) electrons. The van der Waals surface area contributed by atoms with Crippen molar-refractivity contribution in [3.63, 3.8) is 0 Å². The Morgan fingerprint density at radius 3 is 2.53 bits per heavy atom. The molecule has 0 aliphatic heterocycles. The highest BCUT2D eigenvalue weighted by Crippen LogP contribution is 2.57. The van der Waals surface area contributed by atoms with E-state index in [0.29, 0.717) is 43.3 Å². The minimum absolute atomic E-state index is 0.00477. The molecule has 0 amide bonds. The van der Waals surface area contributed by atoms with E-state index in [1.165, 1.54) is 23.0 Å². The summed E-state index contributed by atoms with van der Waals surface area (Å²) in [5.41, 5.74) is 2.14. The number of aliphatic hydroxyl groups is 1. The molecular formula is C28H25BrCl2FN3O2S. The minimum Gasteiger partial charge on any atom is -0.382 e. The van der Waals surface area contributed by atoms with Crippen molar-refractivity contribution >= 4 is 60.7 Å². The third-order valence-electron chi connectivity index (χ3n) is 8.48. The highest BCUT2D eigenvalue weighted by Gasteiger charge is 2.56. The van der Waals surface area contributed by atoms with Crippen LogP contribution in [0.1, 0.15) is 60.7 Å². The lowest BCUT2D eigenvalue weighted by atomic mass is 9.73. The van der Waals surface area contributed by atoms with Crippen molar-refractivity contribution in [2.75, 3.05) is 0 Å². The van der Waals surface area contributed by atoms with E-state index in [2.05, 4.69) is 26.0 Å². The molecule has 7 rings (SSSR count). The van der Waals surface area contributed by atoms with Gasteiger partial charge in [-0.1, -0.05) is 45.2 Å². The first-order chi connectivity index (χ1) is 18.3. The highest BCUT2D eigenvalue weighted by molar-refractivity contribution is 9.10. The third-order valence-corrected chi connectivity index (χ3v) is 10.7. The standard InChI is InChI=1S/C28H25BrCl2FN3O2S/c29-17-10-22(32)25-24(11-17)38-27(34-25)28(36)15-6-7-16(28)9-18(8-15)37-13-23-19(14-4-5-14)12-33-35(23)26-20(30)2-1-3-21(26)31/h1-3,10-12,14-16,18,36H,4-9,13H2/t15-,16+,18+,28+. The van der Waals surface area contributed by atoms with Crippen molar-refractivity contribution < 1.29 is 14.2 Å². The van der Waals surface area contributed by atoms with Gasteiger partial charge in [0.05, 0.1) is 39.3 Å². The smallest absolute Gasteiger partial charge is 0.151 e. The normalized spacial score (nSPS) is 26.9. The summed E-state index contributed by atoms with van der Waals surface area (Å²) in [5, 5.41) is 18.3. The zero-order valence-electron chi connectivity index (χ0n) is 20.3. The van der Waals surface area contributed by atoms with Crippen LogP contribution in [0.2, 0.25) is 10.0 Å². The molecular weight excluding hydrogens is 612 g/mol. The van der Waals surface area contributed by atoms with Crippen molar-refractivity contribution in [1.82, 2.24) is 14.8 Å². The van der Waals surface area contributed by atoms with Gasteiger partial charge < -0.3 is 9.84 Å². The SMILES string of the molecule is O[C@@]1(c2nc3c(F)cc(Br)cc3s2)[C@@H]2CC[C@H]1C[C@@H](OCc1c(C3CC3)cnn1-c1c(Cl)cccc1Cl)C2. The Kier molecular flexibility index (Phi) is 6.37. The number of fused-ring (bicyclic) bond motifs is 3. The maximum Gasteiger partial charge on any atom is 0.151 e. The molecule has 0 unspecified atom stereocenters. The number of para-hydroxylation sites is 1. The van der Waals surface area contributed by atoms with Gasteiger partial charge in [-0.25, -0.2) is 14.1 Å². The second-order valence-corrected chi connectivity index (χ2v) is 13.5. The molecule has 2 bridgehead atoms. The Labute approximate surface area is 242 Å². The van der Waals surface area contributed by atoms with Gasteiger partial charge in [-0.2, -0.15) is 5.10 Å². The van der Waals surface area contributed by atoms with Gasteiger partial charge in [-0.15, -0.1) is 11.3 Å². The minimum atomic E-state index is -1.05. The predicted octanol–water partition coefficient (Wildman–Crippen LogP) is 8.16. The quantitative estimate of drug-likeness (QED) is 0.232. The number of rotatable bonds is 6. The molecule has 3 aliphatic carbocycles. The van der Waals surface area contributed by atoms with Crippen LogP contribution in [-0.4, -0.2) is 26.0 Å². The van der Waals surface area contributed by atoms with Gasteiger partial charge in [0.25, 0.3) is 0 Å². The van der Waals surface area contributed by atoms with Crippen LogP contribution in [0, 0.1) is 17.7 Å².